The Labute approximate surface area is 93.0 Å². The zero-order valence-electron chi connectivity index (χ0n) is 9.25. The number of ether oxygens (including phenoxy) is 1. The number of carboxylic acid groups (broad SMARTS) is 1. The number of hydrogen-bond donors (Lipinski definition) is 3. The minimum atomic E-state index is -1.12. The summed E-state index contributed by atoms with van der Waals surface area (Å²) < 4.78 is 6.84. The van der Waals surface area contributed by atoms with Gasteiger partial charge >= 0.3 is 5.97 Å². The van der Waals surface area contributed by atoms with Crippen molar-refractivity contribution in [1.82, 2.24) is 9.78 Å². The fourth-order valence-corrected chi connectivity index (χ4v) is 1.12. The van der Waals surface area contributed by atoms with Gasteiger partial charge in [0.25, 0.3) is 0 Å². The van der Waals surface area contributed by atoms with E-state index in [2.05, 4.69) is 5.10 Å². The zero-order valence-corrected chi connectivity index (χ0v) is 9.25. The minimum absolute atomic E-state index is 0.0772. The Bertz CT molecular complexity index is 375. The van der Waals surface area contributed by atoms with Crippen molar-refractivity contribution in [2.45, 2.75) is 25.9 Å². The molecule has 0 aliphatic carbocycles. The molecular weight excluding hydrogens is 212 g/mol. The summed E-state index contributed by atoms with van der Waals surface area (Å²) in [7, 11) is 0. The van der Waals surface area contributed by atoms with Crippen LogP contribution in [0.2, 0.25) is 0 Å². The van der Waals surface area contributed by atoms with Gasteiger partial charge in [0.1, 0.15) is 18.3 Å². The molecule has 0 fully saturated rings. The highest BCUT2D eigenvalue weighted by molar-refractivity contribution is 5.73. The molecule has 0 bridgehead atoms. The third-order valence-corrected chi connectivity index (χ3v) is 1.98. The molecule has 0 saturated carbocycles. The van der Waals surface area contributed by atoms with Gasteiger partial charge in [-0.15, -0.1) is 0 Å². The predicted octanol–water partition coefficient (Wildman–Crippen LogP) is -0.163. The molecule has 0 amide bonds. The van der Waals surface area contributed by atoms with Crippen molar-refractivity contribution < 1.29 is 14.6 Å². The van der Waals surface area contributed by atoms with Gasteiger partial charge in [-0.1, -0.05) is 0 Å². The van der Waals surface area contributed by atoms with E-state index in [0.717, 1.165) is 0 Å². The van der Waals surface area contributed by atoms with Crippen molar-refractivity contribution in [2.24, 2.45) is 5.73 Å². The van der Waals surface area contributed by atoms with Gasteiger partial charge in [0.2, 0.25) is 5.88 Å². The lowest BCUT2D eigenvalue weighted by Crippen LogP contribution is -2.36. The van der Waals surface area contributed by atoms with Crippen LogP contribution in [0.1, 0.15) is 19.9 Å². The number of carboxylic acids is 1. The van der Waals surface area contributed by atoms with Gasteiger partial charge in [0.05, 0.1) is 12.2 Å². The van der Waals surface area contributed by atoms with Crippen LogP contribution in [0.25, 0.3) is 0 Å². The topological polar surface area (TPSA) is 116 Å². The van der Waals surface area contributed by atoms with Gasteiger partial charge in [0, 0.05) is 0 Å². The molecule has 0 aliphatic rings. The molecule has 1 aromatic rings. The molecule has 0 aliphatic heterocycles. The summed E-state index contributed by atoms with van der Waals surface area (Å²) in [5.74, 6) is -0.763. The van der Waals surface area contributed by atoms with Crippen LogP contribution in [0.3, 0.4) is 0 Å². The summed E-state index contributed by atoms with van der Waals surface area (Å²) in [6, 6.07) is -0.997. The third kappa shape index (κ3) is 2.63. The molecule has 1 rings (SSSR count). The van der Waals surface area contributed by atoms with Gasteiger partial charge in [0.15, 0.2) is 0 Å². The second kappa shape index (κ2) is 4.84. The minimum Gasteiger partial charge on any atom is -0.480 e. The number of nitrogen functional groups attached to an aromatic ring is 1. The first kappa shape index (κ1) is 12.3. The standard InChI is InChI=1S/C9H16N4O3/c1-5(2)13-8(6(10)3-12-13)16-4-7(11)9(14)15/h3,5,7H,4,10-11H2,1-2H3,(H,14,15)/t7-/m0/s1. The Kier molecular flexibility index (Phi) is 3.73. The summed E-state index contributed by atoms with van der Waals surface area (Å²) in [4.78, 5) is 10.5. The second-order valence-electron chi connectivity index (χ2n) is 3.70. The van der Waals surface area contributed by atoms with Crippen molar-refractivity contribution >= 4 is 11.7 Å². The lowest BCUT2D eigenvalue weighted by atomic mass is 10.3. The largest absolute Gasteiger partial charge is 0.480 e. The summed E-state index contributed by atoms with van der Waals surface area (Å²) >= 11 is 0. The number of aromatic nitrogens is 2. The molecule has 1 heterocycles. The fourth-order valence-electron chi connectivity index (χ4n) is 1.12. The third-order valence-electron chi connectivity index (χ3n) is 1.98. The molecule has 0 spiro atoms. The van der Waals surface area contributed by atoms with Crippen molar-refractivity contribution in [3.8, 4) is 5.88 Å². The maximum absolute atomic E-state index is 10.5. The molecule has 0 saturated heterocycles. The van der Waals surface area contributed by atoms with Crippen LogP contribution >= 0.6 is 0 Å². The monoisotopic (exact) mass is 228 g/mol. The predicted molar refractivity (Wildman–Crippen MR) is 58.1 cm³/mol. The quantitative estimate of drug-likeness (QED) is 0.644. The number of nitrogens with zero attached hydrogens (tertiary/aromatic N) is 2. The van der Waals surface area contributed by atoms with E-state index >= 15 is 0 Å². The van der Waals surface area contributed by atoms with Crippen molar-refractivity contribution in [1.29, 1.82) is 0 Å². The molecule has 0 unspecified atom stereocenters. The van der Waals surface area contributed by atoms with Crippen LogP contribution in [-0.4, -0.2) is 33.5 Å². The Morgan fingerprint density at radius 2 is 2.31 bits per heavy atom. The molecule has 16 heavy (non-hydrogen) atoms. The lowest BCUT2D eigenvalue weighted by molar-refractivity contribution is -0.139. The van der Waals surface area contributed by atoms with E-state index in [4.69, 9.17) is 21.3 Å². The van der Waals surface area contributed by atoms with Crippen LogP contribution in [0.15, 0.2) is 6.20 Å². The number of rotatable bonds is 5. The van der Waals surface area contributed by atoms with Gasteiger partial charge in [-0.05, 0) is 13.8 Å². The van der Waals surface area contributed by atoms with Gasteiger partial charge in [-0.2, -0.15) is 5.10 Å². The summed E-state index contributed by atoms with van der Waals surface area (Å²) in [6.45, 7) is 3.69. The SMILES string of the molecule is CC(C)n1ncc(N)c1OC[C@H](N)C(=O)O. The zero-order chi connectivity index (χ0) is 12.3. The number of anilines is 1. The van der Waals surface area contributed by atoms with Crippen molar-refractivity contribution in [3.63, 3.8) is 0 Å². The normalized spacial score (nSPS) is 12.8. The molecule has 90 valence electrons. The molecule has 0 aromatic carbocycles. The first-order chi connectivity index (χ1) is 7.43. The summed E-state index contributed by atoms with van der Waals surface area (Å²) in [5.41, 5.74) is 11.3. The first-order valence-electron chi connectivity index (χ1n) is 4.87. The maximum Gasteiger partial charge on any atom is 0.324 e. The van der Waals surface area contributed by atoms with E-state index < -0.39 is 12.0 Å². The fraction of sp³-hybridized carbons (Fsp3) is 0.556. The smallest absolute Gasteiger partial charge is 0.324 e. The van der Waals surface area contributed by atoms with Crippen LogP contribution in [0.5, 0.6) is 5.88 Å². The molecule has 0 radical (unpaired) electrons. The number of hydrogen-bond acceptors (Lipinski definition) is 5. The van der Waals surface area contributed by atoms with Crippen LogP contribution in [0.4, 0.5) is 5.69 Å². The second-order valence-corrected chi connectivity index (χ2v) is 3.70. The summed E-state index contributed by atoms with van der Waals surface area (Å²) in [5, 5.41) is 12.6. The van der Waals surface area contributed by atoms with E-state index in [-0.39, 0.29) is 12.6 Å². The number of aliphatic carboxylic acids is 1. The highest BCUT2D eigenvalue weighted by Crippen LogP contribution is 2.24. The molecular formula is C9H16N4O3. The average molecular weight is 228 g/mol. The molecule has 1 aromatic heterocycles. The van der Waals surface area contributed by atoms with E-state index in [9.17, 15) is 4.79 Å². The van der Waals surface area contributed by atoms with Crippen LogP contribution < -0.4 is 16.2 Å². The first-order valence-corrected chi connectivity index (χ1v) is 4.87. The molecule has 7 nitrogen and oxygen atoms in total. The van der Waals surface area contributed by atoms with Crippen LogP contribution in [0, 0.1) is 0 Å². The number of carbonyl (C=O) groups is 1. The molecule has 5 N–H and O–H groups in total. The summed E-state index contributed by atoms with van der Waals surface area (Å²) in [6.07, 6.45) is 1.46. The Morgan fingerprint density at radius 1 is 1.69 bits per heavy atom. The maximum atomic E-state index is 10.5. The highest BCUT2D eigenvalue weighted by atomic mass is 16.5. The van der Waals surface area contributed by atoms with E-state index in [0.29, 0.717) is 11.6 Å². The number of nitrogens with two attached hydrogens (primary N) is 2. The lowest BCUT2D eigenvalue weighted by Gasteiger charge is -2.14. The van der Waals surface area contributed by atoms with Gasteiger partial charge in [-0.3, -0.25) is 4.79 Å². The highest BCUT2D eigenvalue weighted by Gasteiger charge is 2.16. The van der Waals surface area contributed by atoms with Gasteiger partial charge in [-0.25, -0.2) is 4.68 Å². The van der Waals surface area contributed by atoms with Crippen LogP contribution in [-0.2, 0) is 4.79 Å². The Balaban J connectivity index is 2.73. The van der Waals surface area contributed by atoms with Crippen molar-refractivity contribution in [3.05, 3.63) is 6.20 Å². The van der Waals surface area contributed by atoms with E-state index in [1.54, 1.807) is 4.68 Å². The van der Waals surface area contributed by atoms with E-state index in [1.165, 1.54) is 6.20 Å². The Morgan fingerprint density at radius 3 is 2.81 bits per heavy atom. The van der Waals surface area contributed by atoms with Crippen molar-refractivity contribution in [2.75, 3.05) is 12.3 Å². The average Bonchev–Trinajstić information content (AvgIpc) is 2.56. The van der Waals surface area contributed by atoms with E-state index in [1.807, 2.05) is 13.8 Å². The van der Waals surface area contributed by atoms with Gasteiger partial charge < -0.3 is 21.3 Å². The Hall–Kier alpha value is -1.76. The molecule has 7 heteroatoms. The molecule has 1 atom stereocenters.